The van der Waals surface area contributed by atoms with Crippen molar-refractivity contribution in [1.82, 2.24) is 0 Å². The Kier molecular flexibility index (Phi) is 8.23. The molecule has 0 radical (unpaired) electrons. The highest BCUT2D eigenvalue weighted by Gasteiger charge is 2.51. The molecule has 2 aliphatic carbocycles. The van der Waals surface area contributed by atoms with E-state index in [1.165, 1.54) is 72.3 Å². The first-order chi connectivity index (χ1) is 33.2. The number of furan rings is 1. The van der Waals surface area contributed by atoms with E-state index < -0.39 is 0 Å². The lowest BCUT2D eigenvalue weighted by Gasteiger charge is -2.30. The van der Waals surface area contributed by atoms with Crippen LogP contribution in [0.5, 0.6) is 0 Å². The zero-order valence-corrected chi connectivity index (χ0v) is 36.5. The normalized spacial score (nSPS) is 12.9. The van der Waals surface area contributed by atoms with Crippen molar-refractivity contribution in [3.05, 3.63) is 271 Å². The van der Waals surface area contributed by atoms with Crippen molar-refractivity contribution in [3.8, 4) is 55.6 Å². The summed E-state index contributed by atoms with van der Waals surface area (Å²) in [5, 5.41) is 4.43. The summed E-state index contributed by atoms with van der Waals surface area (Å²) in [4.78, 5) is 2.36. The standard InChI is InChI=1S/C65H41NO/c1-3-16-42(17-4-1)43-34-37-48(38-35-43)66(47-18-5-2-6-19-47)61-28-15-29-62-63(61)56-41-55(49-20-7-8-24-54(49)64(56)67-62)45-32-30-44(31-33-45)46-36-39-53-52-23-11-14-27-59(52)65(60(53)40-46)57-25-12-9-21-50(57)51-22-10-13-26-58(51)65/h1-41H. The van der Waals surface area contributed by atoms with E-state index in [2.05, 4.69) is 254 Å². The third-order valence-electron chi connectivity index (χ3n) is 14.5. The number of nitrogens with zero attached hydrogens (tertiary/aromatic N) is 1. The maximum absolute atomic E-state index is 6.89. The summed E-state index contributed by atoms with van der Waals surface area (Å²) >= 11 is 0. The van der Waals surface area contributed by atoms with Crippen molar-refractivity contribution < 1.29 is 4.42 Å². The molecule has 0 N–H and O–H groups in total. The first kappa shape index (κ1) is 37.6. The zero-order valence-electron chi connectivity index (χ0n) is 36.5. The fourth-order valence-corrected chi connectivity index (χ4v) is 11.6. The summed E-state index contributed by atoms with van der Waals surface area (Å²) in [6, 6.07) is 91.0. The van der Waals surface area contributed by atoms with Gasteiger partial charge in [0.2, 0.25) is 0 Å². The number of fused-ring (bicyclic) bond motifs is 15. The van der Waals surface area contributed by atoms with Gasteiger partial charge in [0.1, 0.15) is 11.2 Å². The number of para-hydroxylation sites is 1. The minimum Gasteiger partial charge on any atom is -0.455 e. The fourth-order valence-electron chi connectivity index (χ4n) is 11.6. The van der Waals surface area contributed by atoms with Crippen LogP contribution >= 0.6 is 0 Å². The molecule has 1 spiro atoms. The molecule has 0 fully saturated rings. The first-order valence-corrected chi connectivity index (χ1v) is 23.2. The van der Waals surface area contributed by atoms with Crippen LogP contribution in [0.1, 0.15) is 22.3 Å². The van der Waals surface area contributed by atoms with Gasteiger partial charge in [-0.25, -0.2) is 0 Å². The van der Waals surface area contributed by atoms with Gasteiger partial charge < -0.3 is 9.32 Å². The smallest absolute Gasteiger partial charge is 0.143 e. The number of benzene rings is 11. The summed E-state index contributed by atoms with van der Waals surface area (Å²) in [5.74, 6) is 0. The predicted molar refractivity (Wildman–Crippen MR) is 279 cm³/mol. The summed E-state index contributed by atoms with van der Waals surface area (Å²) in [5.41, 5.74) is 22.4. The third kappa shape index (κ3) is 5.51. The van der Waals surface area contributed by atoms with Gasteiger partial charge in [-0.05, 0) is 132 Å². The molecule has 2 nitrogen and oxygen atoms in total. The Hall–Kier alpha value is -8.72. The molecule has 0 bridgehead atoms. The van der Waals surface area contributed by atoms with Gasteiger partial charge in [0.05, 0.1) is 16.5 Å². The lowest BCUT2D eigenvalue weighted by atomic mass is 9.70. The molecular formula is C65H41NO. The minimum absolute atomic E-state index is 0.378. The average Bonchev–Trinajstić information content (AvgIpc) is 4.04. The second-order valence-electron chi connectivity index (χ2n) is 17.9. The Morgan fingerprint density at radius 1 is 0.299 bits per heavy atom. The molecule has 11 aromatic carbocycles. The van der Waals surface area contributed by atoms with E-state index in [-0.39, 0.29) is 5.41 Å². The van der Waals surface area contributed by atoms with Gasteiger partial charge in [0.25, 0.3) is 0 Å². The van der Waals surface area contributed by atoms with Gasteiger partial charge in [-0.3, -0.25) is 0 Å². The predicted octanol–water partition coefficient (Wildman–Crippen LogP) is 17.6. The Bertz CT molecular complexity index is 3840. The quantitative estimate of drug-likeness (QED) is 0.166. The molecular weight excluding hydrogens is 811 g/mol. The van der Waals surface area contributed by atoms with Crippen molar-refractivity contribution in [1.29, 1.82) is 0 Å². The molecule has 12 aromatic rings. The second-order valence-corrected chi connectivity index (χ2v) is 17.9. The molecule has 312 valence electrons. The molecule has 0 unspecified atom stereocenters. The first-order valence-electron chi connectivity index (χ1n) is 23.2. The number of hydrogen-bond acceptors (Lipinski definition) is 2. The number of anilines is 3. The fraction of sp³-hybridized carbons (Fsp3) is 0.0154. The van der Waals surface area contributed by atoms with Crippen LogP contribution in [0.2, 0.25) is 0 Å². The van der Waals surface area contributed by atoms with E-state index in [0.29, 0.717) is 0 Å². The SMILES string of the molecule is c1ccc(-c2ccc(N(c3ccccc3)c3cccc4oc5c6ccccc6c(-c6ccc(-c7ccc8c(c7)C7(c9ccccc9-c9ccccc97)c7ccccc7-8)cc6)cc5c34)cc2)cc1. The molecule has 0 amide bonds. The molecule has 0 saturated carbocycles. The Balaban J connectivity index is 0.908. The molecule has 0 saturated heterocycles. The maximum Gasteiger partial charge on any atom is 0.143 e. The van der Waals surface area contributed by atoms with Gasteiger partial charge in [-0.15, -0.1) is 0 Å². The van der Waals surface area contributed by atoms with Crippen LogP contribution in [-0.4, -0.2) is 0 Å². The van der Waals surface area contributed by atoms with Crippen LogP contribution in [0.25, 0.3) is 88.3 Å². The number of hydrogen-bond donors (Lipinski definition) is 0. The number of rotatable bonds is 6. The van der Waals surface area contributed by atoms with Crippen LogP contribution in [0, 0.1) is 0 Å². The van der Waals surface area contributed by atoms with Crippen LogP contribution < -0.4 is 4.90 Å². The Morgan fingerprint density at radius 3 is 1.46 bits per heavy atom. The Labute approximate surface area is 389 Å². The highest BCUT2D eigenvalue weighted by atomic mass is 16.3. The molecule has 1 aromatic heterocycles. The minimum atomic E-state index is -0.378. The van der Waals surface area contributed by atoms with Crippen LogP contribution in [0.4, 0.5) is 17.1 Å². The molecule has 2 aliphatic rings. The molecule has 14 rings (SSSR count). The van der Waals surface area contributed by atoms with Gasteiger partial charge in [-0.2, -0.15) is 0 Å². The van der Waals surface area contributed by atoms with E-state index in [0.717, 1.165) is 55.3 Å². The van der Waals surface area contributed by atoms with Crippen molar-refractivity contribution >= 4 is 49.8 Å². The molecule has 1 heterocycles. The molecule has 0 aliphatic heterocycles. The highest BCUT2D eigenvalue weighted by molar-refractivity contribution is 6.22. The monoisotopic (exact) mass is 851 g/mol. The van der Waals surface area contributed by atoms with Crippen LogP contribution in [0.3, 0.4) is 0 Å². The van der Waals surface area contributed by atoms with E-state index in [1.54, 1.807) is 0 Å². The summed E-state index contributed by atoms with van der Waals surface area (Å²) in [6.07, 6.45) is 0. The van der Waals surface area contributed by atoms with Crippen molar-refractivity contribution in [2.75, 3.05) is 4.90 Å². The lowest BCUT2D eigenvalue weighted by Crippen LogP contribution is -2.25. The van der Waals surface area contributed by atoms with E-state index in [1.807, 2.05) is 0 Å². The van der Waals surface area contributed by atoms with Gasteiger partial charge in [0.15, 0.2) is 0 Å². The van der Waals surface area contributed by atoms with Crippen molar-refractivity contribution in [2.45, 2.75) is 5.41 Å². The summed E-state index contributed by atoms with van der Waals surface area (Å²) < 4.78 is 6.89. The summed E-state index contributed by atoms with van der Waals surface area (Å²) in [7, 11) is 0. The van der Waals surface area contributed by atoms with Crippen LogP contribution in [-0.2, 0) is 5.41 Å². The average molecular weight is 852 g/mol. The van der Waals surface area contributed by atoms with Crippen molar-refractivity contribution in [2.24, 2.45) is 0 Å². The van der Waals surface area contributed by atoms with Crippen LogP contribution in [0.15, 0.2) is 253 Å². The summed E-state index contributed by atoms with van der Waals surface area (Å²) in [6.45, 7) is 0. The topological polar surface area (TPSA) is 16.4 Å². The third-order valence-corrected chi connectivity index (χ3v) is 14.5. The van der Waals surface area contributed by atoms with Gasteiger partial charge in [0, 0.05) is 22.1 Å². The highest BCUT2D eigenvalue weighted by Crippen LogP contribution is 2.63. The van der Waals surface area contributed by atoms with E-state index in [4.69, 9.17) is 4.42 Å². The lowest BCUT2D eigenvalue weighted by molar-refractivity contribution is 0.672. The second kappa shape index (κ2) is 14.7. The van der Waals surface area contributed by atoms with Crippen molar-refractivity contribution in [3.63, 3.8) is 0 Å². The molecule has 67 heavy (non-hydrogen) atoms. The molecule has 0 atom stereocenters. The Morgan fingerprint density at radius 2 is 0.791 bits per heavy atom. The zero-order chi connectivity index (χ0) is 44.1. The van der Waals surface area contributed by atoms with Gasteiger partial charge >= 0.3 is 0 Å². The maximum atomic E-state index is 6.89. The van der Waals surface area contributed by atoms with Gasteiger partial charge in [-0.1, -0.05) is 200 Å². The van der Waals surface area contributed by atoms with E-state index >= 15 is 0 Å². The van der Waals surface area contributed by atoms with E-state index in [9.17, 15) is 0 Å². The largest absolute Gasteiger partial charge is 0.455 e. The molecule has 2 heteroatoms.